The predicted molar refractivity (Wildman–Crippen MR) is 101 cm³/mol. The van der Waals surface area contributed by atoms with Crippen molar-refractivity contribution < 1.29 is 14.3 Å². The largest absolute Gasteiger partial charge is 0.496 e. The quantitative estimate of drug-likeness (QED) is 0.604. The Morgan fingerprint density at radius 1 is 1.19 bits per heavy atom. The molecule has 0 aliphatic rings. The molecule has 8 nitrogen and oxygen atoms in total. The summed E-state index contributed by atoms with van der Waals surface area (Å²) in [6.45, 7) is -0.232. The molecule has 3 N–H and O–H groups in total. The zero-order valence-electron chi connectivity index (χ0n) is 14.3. The molecule has 3 aromatic rings. The molecule has 0 bridgehead atoms. The van der Waals surface area contributed by atoms with Crippen LogP contribution in [0.15, 0.2) is 48.5 Å². The highest BCUT2D eigenvalue weighted by Gasteiger charge is 2.13. The van der Waals surface area contributed by atoms with Gasteiger partial charge in [-0.2, -0.15) is 4.98 Å². The minimum atomic E-state index is -0.462. The Morgan fingerprint density at radius 3 is 2.78 bits per heavy atom. The molecule has 0 unspecified atom stereocenters. The number of carbonyl (C=O) groups is 2. The lowest BCUT2D eigenvalue weighted by Crippen LogP contribution is -2.33. The van der Waals surface area contributed by atoms with E-state index >= 15 is 0 Å². The summed E-state index contributed by atoms with van der Waals surface area (Å²) in [5.74, 6) is 0.303. The summed E-state index contributed by atoms with van der Waals surface area (Å²) in [5, 5.41) is 12.2. The van der Waals surface area contributed by atoms with E-state index < -0.39 is 11.8 Å². The lowest BCUT2D eigenvalue weighted by Gasteiger charge is -2.05. The molecule has 0 atom stereocenters. The fourth-order valence-electron chi connectivity index (χ4n) is 2.34. The Morgan fingerprint density at radius 2 is 2.00 bits per heavy atom. The second-order valence-corrected chi connectivity index (χ2v) is 5.89. The average Bonchev–Trinajstić information content (AvgIpc) is 3.14. The van der Waals surface area contributed by atoms with E-state index in [0.717, 1.165) is 0 Å². The Kier molecular flexibility index (Phi) is 5.68. The predicted octanol–water partition coefficient (Wildman–Crippen LogP) is 2.50. The lowest BCUT2D eigenvalue weighted by atomic mass is 10.2. The number of anilines is 1. The molecular weight excluding hydrogens is 370 g/mol. The van der Waals surface area contributed by atoms with Crippen LogP contribution in [-0.4, -0.2) is 40.7 Å². The first-order valence-corrected chi connectivity index (χ1v) is 8.34. The second kappa shape index (κ2) is 8.33. The third-order valence-electron chi connectivity index (χ3n) is 3.60. The summed E-state index contributed by atoms with van der Waals surface area (Å²) in [5.41, 5.74) is 1.08. The van der Waals surface area contributed by atoms with E-state index in [1.54, 1.807) is 31.4 Å². The molecule has 9 heteroatoms. The van der Waals surface area contributed by atoms with Crippen LogP contribution in [0.4, 0.5) is 5.95 Å². The molecule has 0 aliphatic heterocycles. The van der Waals surface area contributed by atoms with Crippen LogP contribution in [0.3, 0.4) is 0 Å². The van der Waals surface area contributed by atoms with Crippen molar-refractivity contribution in [2.75, 3.05) is 19.0 Å². The van der Waals surface area contributed by atoms with E-state index in [9.17, 15) is 9.59 Å². The number of nitrogens with zero attached hydrogens (tertiary/aromatic N) is 2. The number of aromatic nitrogens is 3. The van der Waals surface area contributed by atoms with Crippen molar-refractivity contribution in [2.24, 2.45) is 0 Å². The summed E-state index contributed by atoms with van der Waals surface area (Å²) in [6, 6.07) is 13.7. The average molecular weight is 386 g/mol. The highest BCUT2D eigenvalue weighted by atomic mass is 35.5. The highest BCUT2D eigenvalue weighted by molar-refractivity contribution is 6.31. The topological polar surface area (TPSA) is 109 Å². The van der Waals surface area contributed by atoms with Gasteiger partial charge in [0.15, 0.2) is 5.82 Å². The molecule has 27 heavy (non-hydrogen) atoms. The fourth-order valence-corrected chi connectivity index (χ4v) is 2.53. The van der Waals surface area contributed by atoms with Gasteiger partial charge < -0.3 is 10.1 Å². The lowest BCUT2D eigenvalue weighted by molar-refractivity contribution is -0.115. The number of rotatable bonds is 6. The van der Waals surface area contributed by atoms with E-state index in [1.165, 1.54) is 6.07 Å². The smallest absolute Gasteiger partial charge is 0.251 e. The first kappa shape index (κ1) is 18.4. The molecule has 0 saturated heterocycles. The molecule has 0 aliphatic carbocycles. The molecule has 2 amide bonds. The molecule has 2 aromatic carbocycles. The van der Waals surface area contributed by atoms with E-state index in [1.807, 2.05) is 18.2 Å². The van der Waals surface area contributed by atoms with Crippen molar-refractivity contribution in [1.29, 1.82) is 0 Å². The van der Waals surface area contributed by atoms with Crippen molar-refractivity contribution in [3.63, 3.8) is 0 Å². The summed E-state index contributed by atoms with van der Waals surface area (Å²) < 4.78 is 5.27. The van der Waals surface area contributed by atoms with Crippen LogP contribution < -0.4 is 15.4 Å². The van der Waals surface area contributed by atoms with Gasteiger partial charge in [-0.15, -0.1) is 5.10 Å². The van der Waals surface area contributed by atoms with Gasteiger partial charge in [0.25, 0.3) is 5.91 Å². The molecule has 3 rings (SSSR count). The molecular formula is C18H16ClN5O3. The normalized spacial score (nSPS) is 10.3. The molecule has 1 aromatic heterocycles. The van der Waals surface area contributed by atoms with Gasteiger partial charge in [-0.05, 0) is 30.3 Å². The van der Waals surface area contributed by atoms with Gasteiger partial charge in [-0.3, -0.25) is 20.0 Å². The SMILES string of the molecule is COc1ccccc1-c1nc(NC(=O)CNC(=O)c2cccc(Cl)c2)n[nH]1. The van der Waals surface area contributed by atoms with Gasteiger partial charge in [0, 0.05) is 10.6 Å². The Bertz CT molecular complexity index is 973. The van der Waals surface area contributed by atoms with Crippen molar-refractivity contribution in [2.45, 2.75) is 0 Å². The van der Waals surface area contributed by atoms with Gasteiger partial charge in [0.2, 0.25) is 11.9 Å². The maximum Gasteiger partial charge on any atom is 0.251 e. The molecule has 0 radical (unpaired) electrons. The molecule has 0 spiro atoms. The minimum Gasteiger partial charge on any atom is -0.496 e. The Hall–Kier alpha value is -3.39. The minimum absolute atomic E-state index is 0.0953. The summed E-state index contributed by atoms with van der Waals surface area (Å²) in [6.07, 6.45) is 0. The van der Waals surface area contributed by atoms with Crippen molar-refractivity contribution >= 4 is 29.4 Å². The summed E-state index contributed by atoms with van der Waals surface area (Å²) >= 11 is 5.85. The van der Waals surface area contributed by atoms with Crippen LogP contribution in [0.5, 0.6) is 5.75 Å². The highest BCUT2D eigenvalue weighted by Crippen LogP contribution is 2.26. The number of H-pyrrole nitrogens is 1. The zero-order chi connectivity index (χ0) is 19.2. The van der Waals surface area contributed by atoms with Crippen LogP contribution in [0.2, 0.25) is 5.02 Å². The number of halogens is 1. The number of carbonyl (C=O) groups excluding carboxylic acids is 2. The van der Waals surface area contributed by atoms with Gasteiger partial charge in [-0.1, -0.05) is 29.8 Å². The number of amides is 2. The van der Waals surface area contributed by atoms with Crippen molar-refractivity contribution in [3.8, 4) is 17.1 Å². The number of ether oxygens (including phenoxy) is 1. The third kappa shape index (κ3) is 4.62. The summed E-state index contributed by atoms with van der Waals surface area (Å²) in [4.78, 5) is 28.2. The number of para-hydroxylation sites is 1. The van der Waals surface area contributed by atoms with E-state index in [-0.39, 0.29) is 12.5 Å². The third-order valence-corrected chi connectivity index (χ3v) is 3.83. The number of aromatic amines is 1. The van der Waals surface area contributed by atoms with Gasteiger partial charge in [0.05, 0.1) is 19.2 Å². The van der Waals surface area contributed by atoms with Gasteiger partial charge >= 0.3 is 0 Å². The zero-order valence-corrected chi connectivity index (χ0v) is 15.1. The molecule has 0 fully saturated rings. The first-order chi connectivity index (χ1) is 13.1. The van der Waals surface area contributed by atoms with E-state index in [0.29, 0.717) is 27.7 Å². The van der Waals surface area contributed by atoms with Crippen LogP contribution in [0, 0.1) is 0 Å². The Labute approximate surface area is 159 Å². The fraction of sp³-hybridized carbons (Fsp3) is 0.111. The number of benzene rings is 2. The van der Waals surface area contributed by atoms with Crippen molar-refractivity contribution in [3.05, 3.63) is 59.1 Å². The molecule has 1 heterocycles. The van der Waals surface area contributed by atoms with Gasteiger partial charge in [0.1, 0.15) is 5.75 Å². The summed E-state index contributed by atoms with van der Waals surface area (Å²) in [7, 11) is 1.56. The van der Waals surface area contributed by atoms with Crippen LogP contribution in [0.25, 0.3) is 11.4 Å². The number of nitrogens with one attached hydrogen (secondary N) is 3. The number of methoxy groups -OCH3 is 1. The molecule has 0 saturated carbocycles. The van der Waals surface area contributed by atoms with Crippen LogP contribution in [0.1, 0.15) is 10.4 Å². The maximum atomic E-state index is 12.0. The van der Waals surface area contributed by atoms with Crippen LogP contribution >= 0.6 is 11.6 Å². The standard InChI is InChI=1S/C18H16ClN5O3/c1-27-14-8-3-2-7-13(14)16-22-18(24-23-16)21-15(25)10-20-17(26)11-5-4-6-12(19)9-11/h2-9H,10H2,1H3,(H,20,26)(H2,21,22,23,24,25). The van der Waals surface area contributed by atoms with Crippen molar-refractivity contribution in [1.82, 2.24) is 20.5 Å². The second-order valence-electron chi connectivity index (χ2n) is 5.45. The Balaban J connectivity index is 1.59. The van der Waals surface area contributed by atoms with Crippen LogP contribution in [-0.2, 0) is 4.79 Å². The van der Waals surface area contributed by atoms with E-state index in [4.69, 9.17) is 16.3 Å². The number of hydrogen-bond donors (Lipinski definition) is 3. The molecule has 138 valence electrons. The first-order valence-electron chi connectivity index (χ1n) is 7.96. The number of hydrogen-bond acceptors (Lipinski definition) is 5. The van der Waals surface area contributed by atoms with Gasteiger partial charge in [-0.25, -0.2) is 0 Å². The maximum absolute atomic E-state index is 12.0. The monoisotopic (exact) mass is 385 g/mol. The van der Waals surface area contributed by atoms with E-state index in [2.05, 4.69) is 25.8 Å².